The number of aromatic nitrogens is 1. The number of nitrogens with zero attached hydrogens (tertiary/aromatic N) is 1. The molecule has 0 unspecified atom stereocenters. The largest absolute Gasteiger partial charge is 0.350 e. The molecular formula is C15H18BrFN2. The van der Waals surface area contributed by atoms with Crippen molar-refractivity contribution in [2.45, 2.75) is 33.0 Å². The summed E-state index contributed by atoms with van der Waals surface area (Å²) in [6, 6.07) is 7.39. The van der Waals surface area contributed by atoms with Gasteiger partial charge in [-0.05, 0) is 29.3 Å². The van der Waals surface area contributed by atoms with Gasteiger partial charge in [0, 0.05) is 36.0 Å². The van der Waals surface area contributed by atoms with Crippen molar-refractivity contribution >= 4 is 15.9 Å². The number of rotatable bonds is 5. The molecule has 0 bridgehead atoms. The molecule has 2 rings (SSSR count). The number of nitrogens with one attached hydrogen (secondary N) is 1. The smallest absolute Gasteiger partial charge is 0.124 e. The summed E-state index contributed by atoms with van der Waals surface area (Å²) in [6.45, 7) is 5.87. The third-order valence-corrected chi connectivity index (χ3v) is 3.63. The Hall–Kier alpha value is -1.13. The van der Waals surface area contributed by atoms with E-state index in [0.29, 0.717) is 6.04 Å². The van der Waals surface area contributed by atoms with Crippen molar-refractivity contribution in [3.05, 3.63) is 58.1 Å². The molecule has 2 nitrogen and oxygen atoms in total. The van der Waals surface area contributed by atoms with Crippen LogP contribution in [0.25, 0.3) is 0 Å². The molecule has 1 heterocycles. The lowest BCUT2D eigenvalue weighted by Gasteiger charge is -2.07. The highest BCUT2D eigenvalue weighted by molar-refractivity contribution is 9.10. The zero-order chi connectivity index (χ0) is 13.8. The zero-order valence-electron chi connectivity index (χ0n) is 11.2. The molecule has 0 saturated carbocycles. The molecule has 2 aromatic rings. The van der Waals surface area contributed by atoms with Gasteiger partial charge in [-0.2, -0.15) is 0 Å². The predicted octanol–water partition coefficient (Wildman–Crippen LogP) is 3.94. The molecule has 0 aliphatic carbocycles. The summed E-state index contributed by atoms with van der Waals surface area (Å²) in [5, 5.41) is 3.39. The normalized spacial score (nSPS) is 11.2. The lowest BCUT2D eigenvalue weighted by Crippen LogP contribution is -2.21. The Labute approximate surface area is 121 Å². The molecule has 19 heavy (non-hydrogen) atoms. The second-order valence-corrected chi connectivity index (χ2v) is 5.82. The predicted molar refractivity (Wildman–Crippen MR) is 79.6 cm³/mol. The molecule has 0 radical (unpaired) electrons. The van der Waals surface area contributed by atoms with Crippen LogP contribution in [0.15, 0.2) is 41.1 Å². The third-order valence-electron chi connectivity index (χ3n) is 2.89. The maximum absolute atomic E-state index is 13.0. The van der Waals surface area contributed by atoms with Crippen LogP contribution in [0.3, 0.4) is 0 Å². The Balaban J connectivity index is 2.03. The maximum atomic E-state index is 13.0. The van der Waals surface area contributed by atoms with E-state index in [1.165, 1.54) is 17.7 Å². The average molecular weight is 325 g/mol. The summed E-state index contributed by atoms with van der Waals surface area (Å²) in [5.74, 6) is -0.218. The first-order chi connectivity index (χ1) is 9.04. The van der Waals surface area contributed by atoms with Crippen LogP contribution >= 0.6 is 15.9 Å². The highest BCUT2D eigenvalue weighted by Crippen LogP contribution is 2.19. The molecule has 102 valence electrons. The van der Waals surface area contributed by atoms with Gasteiger partial charge in [0.1, 0.15) is 5.82 Å². The van der Waals surface area contributed by atoms with Crippen molar-refractivity contribution in [2.24, 2.45) is 0 Å². The minimum absolute atomic E-state index is 0.218. The lowest BCUT2D eigenvalue weighted by molar-refractivity contribution is 0.588. The quantitative estimate of drug-likeness (QED) is 0.881. The van der Waals surface area contributed by atoms with E-state index < -0.39 is 0 Å². The van der Waals surface area contributed by atoms with Crippen LogP contribution in [0, 0.1) is 5.82 Å². The van der Waals surface area contributed by atoms with E-state index in [1.807, 2.05) is 12.3 Å². The van der Waals surface area contributed by atoms with Gasteiger partial charge in [-0.3, -0.25) is 0 Å². The van der Waals surface area contributed by atoms with Crippen LogP contribution < -0.4 is 5.32 Å². The van der Waals surface area contributed by atoms with Crippen molar-refractivity contribution < 1.29 is 4.39 Å². The fourth-order valence-electron chi connectivity index (χ4n) is 1.86. The summed E-state index contributed by atoms with van der Waals surface area (Å²) >= 11 is 3.40. The standard InChI is InChI=1S/C15H18BrFN2/c1-11(2)18-8-12-5-6-19(9-12)10-13-3-4-14(17)7-15(13)16/h3-7,9,11,18H,8,10H2,1-2H3. The number of hydrogen-bond acceptors (Lipinski definition) is 1. The van der Waals surface area contributed by atoms with Gasteiger partial charge in [0.25, 0.3) is 0 Å². The molecule has 1 aromatic heterocycles. The Bertz CT molecular complexity index is 549. The van der Waals surface area contributed by atoms with Crippen LogP contribution in [0.2, 0.25) is 0 Å². The Morgan fingerprint density at radius 2 is 2.11 bits per heavy atom. The SMILES string of the molecule is CC(C)NCc1ccn(Cc2ccc(F)cc2Br)c1. The summed E-state index contributed by atoms with van der Waals surface area (Å²) in [5.41, 5.74) is 2.33. The molecule has 0 aliphatic heterocycles. The average Bonchev–Trinajstić information content (AvgIpc) is 2.78. The second kappa shape index (κ2) is 6.35. The van der Waals surface area contributed by atoms with Crippen LogP contribution in [0.4, 0.5) is 4.39 Å². The molecule has 0 spiro atoms. The van der Waals surface area contributed by atoms with Crippen LogP contribution in [-0.4, -0.2) is 10.6 Å². The van der Waals surface area contributed by atoms with Crippen molar-refractivity contribution in [1.82, 2.24) is 9.88 Å². The van der Waals surface area contributed by atoms with Crippen molar-refractivity contribution in [3.8, 4) is 0 Å². The van der Waals surface area contributed by atoms with Gasteiger partial charge in [-0.1, -0.05) is 35.8 Å². The van der Waals surface area contributed by atoms with E-state index in [1.54, 1.807) is 0 Å². The first-order valence-electron chi connectivity index (χ1n) is 6.36. The third kappa shape index (κ3) is 4.18. The van der Waals surface area contributed by atoms with Crippen molar-refractivity contribution in [1.29, 1.82) is 0 Å². The summed E-state index contributed by atoms with van der Waals surface area (Å²) in [7, 11) is 0. The van der Waals surface area contributed by atoms with Gasteiger partial charge in [-0.25, -0.2) is 4.39 Å². The molecular weight excluding hydrogens is 307 g/mol. The molecule has 0 amide bonds. The van der Waals surface area contributed by atoms with Gasteiger partial charge in [0.2, 0.25) is 0 Å². The van der Waals surface area contributed by atoms with E-state index in [4.69, 9.17) is 0 Å². The summed E-state index contributed by atoms with van der Waals surface area (Å²) in [4.78, 5) is 0. The highest BCUT2D eigenvalue weighted by Gasteiger charge is 2.04. The molecule has 0 saturated heterocycles. The highest BCUT2D eigenvalue weighted by atomic mass is 79.9. The van der Waals surface area contributed by atoms with Crippen molar-refractivity contribution in [3.63, 3.8) is 0 Å². The van der Waals surface area contributed by atoms with Gasteiger partial charge < -0.3 is 9.88 Å². The monoisotopic (exact) mass is 324 g/mol. The summed E-state index contributed by atoms with van der Waals surface area (Å²) in [6.07, 6.45) is 4.16. The van der Waals surface area contributed by atoms with Gasteiger partial charge in [0.05, 0.1) is 0 Å². The topological polar surface area (TPSA) is 17.0 Å². The van der Waals surface area contributed by atoms with Crippen LogP contribution in [-0.2, 0) is 13.1 Å². The number of benzene rings is 1. The minimum atomic E-state index is -0.218. The minimum Gasteiger partial charge on any atom is -0.350 e. The lowest BCUT2D eigenvalue weighted by atomic mass is 10.2. The van der Waals surface area contributed by atoms with Crippen LogP contribution in [0.5, 0.6) is 0 Å². The molecule has 0 atom stereocenters. The molecule has 0 fully saturated rings. The molecule has 0 aliphatic rings. The first kappa shape index (κ1) is 14.3. The second-order valence-electron chi connectivity index (χ2n) is 4.96. The molecule has 1 aromatic carbocycles. The van der Waals surface area contributed by atoms with E-state index in [-0.39, 0.29) is 5.82 Å². The fourth-order valence-corrected chi connectivity index (χ4v) is 2.34. The molecule has 4 heteroatoms. The fraction of sp³-hybridized carbons (Fsp3) is 0.333. The molecule has 1 N–H and O–H groups in total. The Morgan fingerprint density at radius 1 is 1.32 bits per heavy atom. The number of hydrogen-bond donors (Lipinski definition) is 1. The Morgan fingerprint density at radius 3 is 2.79 bits per heavy atom. The van der Waals surface area contributed by atoms with Gasteiger partial charge in [0.15, 0.2) is 0 Å². The van der Waals surface area contributed by atoms with E-state index in [2.05, 4.69) is 51.9 Å². The number of halogens is 2. The summed E-state index contributed by atoms with van der Waals surface area (Å²) < 4.78 is 15.9. The zero-order valence-corrected chi connectivity index (χ0v) is 12.7. The van der Waals surface area contributed by atoms with Gasteiger partial charge >= 0.3 is 0 Å². The maximum Gasteiger partial charge on any atom is 0.124 e. The first-order valence-corrected chi connectivity index (χ1v) is 7.16. The van der Waals surface area contributed by atoms with E-state index in [9.17, 15) is 4.39 Å². The van der Waals surface area contributed by atoms with E-state index in [0.717, 1.165) is 23.1 Å². The van der Waals surface area contributed by atoms with E-state index >= 15 is 0 Å². The Kier molecular flexibility index (Phi) is 4.77. The van der Waals surface area contributed by atoms with Crippen molar-refractivity contribution in [2.75, 3.05) is 0 Å². The van der Waals surface area contributed by atoms with Gasteiger partial charge in [-0.15, -0.1) is 0 Å². The van der Waals surface area contributed by atoms with Crippen LogP contribution in [0.1, 0.15) is 25.0 Å².